The van der Waals surface area contributed by atoms with Crippen molar-refractivity contribution in [3.63, 3.8) is 0 Å². The van der Waals surface area contributed by atoms with Crippen LogP contribution in [0.3, 0.4) is 0 Å². The zero-order valence-corrected chi connectivity index (χ0v) is 19.2. The summed E-state index contributed by atoms with van der Waals surface area (Å²) in [5.74, 6) is -0.313. The number of hydrogen-bond acceptors (Lipinski definition) is 3. The van der Waals surface area contributed by atoms with Gasteiger partial charge in [-0.25, -0.2) is 0 Å². The predicted molar refractivity (Wildman–Crippen MR) is 130 cm³/mol. The number of anilines is 1. The lowest BCUT2D eigenvalue weighted by Crippen LogP contribution is -2.44. The van der Waals surface area contributed by atoms with E-state index < -0.39 is 6.04 Å². The van der Waals surface area contributed by atoms with Gasteiger partial charge in [0.2, 0.25) is 5.91 Å². The van der Waals surface area contributed by atoms with E-state index in [2.05, 4.69) is 5.32 Å². The van der Waals surface area contributed by atoms with E-state index >= 15 is 0 Å². The summed E-state index contributed by atoms with van der Waals surface area (Å²) in [4.78, 5) is 42.8. The van der Waals surface area contributed by atoms with Crippen molar-refractivity contribution >= 4 is 23.4 Å². The minimum Gasteiger partial charge on any atom is -0.348 e. The molecule has 3 amide bonds. The lowest BCUT2D eigenvalue weighted by atomic mass is 10.1. The van der Waals surface area contributed by atoms with Crippen LogP contribution in [0.15, 0.2) is 72.8 Å². The van der Waals surface area contributed by atoms with Gasteiger partial charge in [0.05, 0.1) is 17.8 Å². The van der Waals surface area contributed by atoms with Gasteiger partial charge in [-0.15, -0.1) is 0 Å². The van der Waals surface area contributed by atoms with Crippen LogP contribution in [-0.2, 0) is 17.9 Å². The normalized spacial score (nSPS) is 17.3. The summed E-state index contributed by atoms with van der Waals surface area (Å²) in [5.41, 5.74) is 4.75. The Labute approximate surface area is 199 Å². The highest BCUT2D eigenvalue weighted by molar-refractivity contribution is 6.11. The van der Waals surface area contributed by atoms with Gasteiger partial charge in [0, 0.05) is 18.7 Å². The highest BCUT2D eigenvalue weighted by Gasteiger charge is 2.41. The van der Waals surface area contributed by atoms with Crippen LogP contribution < -0.4 is 10.2 Å². The van der Waals surface area contributed by atoms with Crippen LogP contribution in [0, 0.1) is 6.92 Å². The molecule has 0 spiro atoms. The monoisotopic (exact) mass is 453 g/mol. The van der Waals surface area contributed by atoms with Crippen LogP contribution in [0.4, 0.5) is 5.69 Å². The molecule has 1 saturated heterocycles. The molecule has 0 aromatic heterocycles. The highest BCUT2D eigenvalue weighted by atomic mass is 16.2. The third kappa shape index (κ3) is 4.19. The number of nitrogens with one attached hydrogen (secondary N) is 1. The molecule has 2 heterocycles. The van der Waals surface area contributed by atoms with Crippen LogP contribution in [0.25, 0.3) is 0 Å². The average molecular weight is 454 g/mol. The second kappa shape index (κ2) is 9.14. The molecular formula is C28H27N3O3. The Bertz CT molecular complexity index is 1270. The number of benzene rings is 3. The maximum Gasteiger partial charge on any atom is 0.256 e. The van der Waals surface area contributed by atoms with Gasteiger partial charge in [0.15, 0.2) is 0 Å². The number of fused-ring (bicyclic) bond motifs is 2. The lowest BCUT2D eigenvalue weighted by molar-refractivity contribution is -0.122. The number of carbonyl (C=O) groups is 3. The maximum atomic E-state index is 13.5. The number of nitrogens with zero attached hydrogens (tertiary/aromatic N) is 2. The Morgan fingerprint density at radius 3 is 2.62 bits per heavy atom. The zero-order valence-electron chi connectivity index (χ0n) is 19.2. The summed E-state index contributed by atoms with van der Waals surface area (Å²) in [6.07, 6.45) is 1.51. The topological polar surface area (TPSA) is 69.7 Å². The van der Waals surface area contributed by atoms with E-state index in [0.29, 0.717) is 42.9 Å². The van der Waals surface area contributed by atoms with Crippen molar-refractivity contribution in [2.45, 2.75) is 38.9 Å². The smallest absolute Gasteiger partial charge is 0.256 e. The molecular weight excluding hydrogens is 426 g/mol. The molecule has 0 bridgehead atoms. The van der Waals surface area contributed by atoms with Gasteiger partial charge < -0.3 is 15.1 Å². The molecule has 34 heavy (non-hydrogen) atoms. The number of carbonyl (C=O) groups excluding carboxylic acids is 3. The lowest BCUT2D eigenvalue weighted by Gasteiger charge is -2.26. The molecule has 1 atom stereocenters. The fraction of sp³-hybridized carbons (Fsp3) is 0.250. The standard InChI is InChI=1S/C28H27N3O3/c1-19-7-4-8-20(15-19)17-29-26(32)22-10-5-9-21(16-22)18-31-24-12-3-2-11-23(24)27(33)30-14-6-13-25(30)28(31)34/h2-5,7-12,15-16,25H,6,13-14,17-18H2,1H3,(H,29,32). The van der Waals surface area contributed by atoms with Gasteiger partial charge in [0.1, 0.15) is 6.04 Å². The van der Waals surface area contributed by atoms with Crippen molar-refractivity contribution in [1.82, 2.24) is 10.2 Å². The first-order chi connectivity index (χ1) is 16.5. The van der Waals surface area contributed by atoms with Gasteiger partial charge in [-0.05, 0) is 55.2 Å². The third-order valence-electron chi connectivity index (χ3n) is 6.56. The second-order valence-electron chi connectivity index (χ2n) is 8.97. The minimum absolute atomic E-state index is 0.0647. The predicted octanol–water partition coefficient (Wildman–Crippen LogP) is 4.08. The van der Waals surface area contributed by atoms with Crippen LogP contribution in [0.5, 0.6) is 0 Å². The fourth-order valence-electron chi connectivity index (χ4n) is 4.87. The summed E-state index contributed by atoms with van der Waals surface area (Å²) in [6.45, 7) is 3.37. The van der Waals surface area contributed by atoms with Crippen LogP contribution in [0.2, 0.25) is 0 Å². The van der Waals surface area contributed by atoms with Crippen LogP contribution >= 0.6 is 0 Å². The molecule has 1 unspecified atom stereocenters. The van der Waals surface area contributed by atoms with Crippen molar-refractivity contribution in [3.8, 4) is 0 Å². The number of hydrogen-bond donors (Lipinski definition) is 1. The first-order valence-corrected chi connectivity index (χ1v) is 11.7. The highest BCUT2D eigenvalue weighted by Crippen LogP contribution is 2.33. The average Bonchev–Trinajstić information content (AvgIpc) is 3.33. The van der Waals surface area contributed by atoms with E-state index in [4.69, 9.17) is 0 Å². The molecule has 0 saturated carbocycles. The Hall–Kier alpha value is -3.93. The number of aryl methyl sites for hydroxylation is 1. The van der Waals surface area contributed by atoms with Gasteiger partial charge in [-0.1, -0.05) is 54.1 Å². The summed E-state index contributed by atoms with van der Waals surface area (Å²) in [7, 11) is 0. The van der Waals surface area contributed by atoms with Crippen LogP contribution in [0.1, 0.15) is 50.2 Å². The third-order valence-corrected chi connectivity index (χ3v) is 6.56. The Morgan fingerprint density at radius 1 is 0.971 bits per heavy atom. The van der Waals surface area contributed by atoms with Crippen molar-refractivity contribution in [2.75, 3.05) is 11.4 Å². The molecule has 3 aromatic carbocycles. The zero-order chi connectivity index (χ0) is 23.7. The summed E-state index contributed by atoms with van der Waals surface area (Å²) in [6, 6.07) is 22.2. The van der Waals surface area contributed by atoms with E-state index in [1.165, 1.54) is 0 Å². The molecule has 2 aliphatic rings. The fourth-order valence-corrected chi connectivity index (χ4v) is 4.87. The van der Waals surface area contributed by atoms with Crippen molar-refractivity contribution in [3.05, 3.63) is 101 Å². The SMILES string of the molecule is Cc1cccc(CNC(=O)c2cccc(CN3C(=O)C4CCCN4C(=O)c4ccccc43)c2)c1. The van der Waals surface area contributed by atoms with Crippen molar-refractivity contribution in [1.29, 1.82) is 0 Å². The number of rotatable bonds is 5. The van der Waals surface area contributed by atoms with E-state index in [1.807, 2.05) is 67.6 Å². The van der Waals surface area contributed by atoms with Crippen molar-refractivity contribution < 1.29 is 14.4 Å². The van der Waals surface area contributed by atoms with E-state index in [1.54, 1.807) is 21.9 Å². The number of para-hydroxylation sites is 1. The Morgan fingerprint density at radius 2 is 1.76 bits per heavy atom. The molecule has 6 heteroatoms. The first-order valence-electron chi connectivity index (χ1n) is 11.7. The summed E-state index contributed by atoms with van der Waals surface area (Å²) < 4.78 is 0. The summed E-state index contributed by atoms with van der Waals surface area (Å²) >= 11 is 0. The molecule has 2 aliphatic heterocycles. The largest absolute Gasteiger partial charge is 0.348 e. The molecule has 0 aliphatic carbocycles. The molecule has 5 rings (SSSR count). The van der Waals surface area contributed by atoms with Gasteiger partial charge in [0.25, 0.3) is 11.8 Å². The quantitative estimate of drug-likeness (QED) is 0.633. The minimum atomic E-state index is -0.430. The molecule has 0 radical (unpaired) electrons. The maximum absolute atomic E-state index is 13.5. The Balaban J connectivity index is 1.38. The van der Waals surface area contributed by atoms with Gasteiger partial charge in [-0.3, -0.25) is 14.4 Å². The molecule has 1 fully saturated rings. The van der Waals surface area contributed by atoms with Crippen LogP contribution in [-0.4, -0.2) is 35.2 Å². The van der Waals surface area contributed by atoms with E-state index in [9.17, 15) is 14.4 Å². The Kier molecular flexibility index (Phi) is 5.88. The molecule has 1 N–H and O–H groups in total. The van der Waals surface area contributed by atoms with Gasteiger partial charge >= 0.3 is 0 Å². The van der Waals surface area contributed by atoms with E-state index in [0.717, 1.165) is 23.1 Å². The van der Waals surface area contributed by atoms with Crippen molar-refractivity contribution in [2.24, 2.45) is 0 Å². The molecule has 3 aromatic rings. The molecule has 172 valence electrons. The first kappa shape index (κ1) is 21.9. The second-order valence-corrected chi connectivity index (χ2v) is 8.97. The number of amides is 3. The molecule has 6 nitrogen and oxygen atoms in total. The van der Waals surface area contributed by atoms with Gasteiger partial charge in [-0.2, -0.15) is 0 Å². The summed E-state index contributed by atoms with van der Waals surface area (Å²) in [5, 5.41) is 2.97. The van der Waals surface area contributed by atoms with E-state index in [-0.39, 0.29) is 17.7 Å².